The summed E-state index contributed by atoms with van der Waals surface area (Å²) in [6, 6.07) is 11.1. The van der Waals surface area contributed by atoms with Gasteiger partial charge < -0.3 is 14.7 Å². The van der Waals surface area contributed by atoms with Gasteiger partial charge in [-0.3, -0.25) is 4.79 Å². The summed E-state index contributed by atoms with van der Waals surface area (Å²) in [5, 5.41) is 8.15. The number of nitrogens with one attached hydrogen (secondary N) is 1. The first-order chi connectivity index (χ1) is 14.6. The maximum absolute atomic E-state index is 13.4. The molecule has 2 aliphatic rings. The van der Waals surface area contributed by atoms with Crippen LogP contribution in [0.25, 0.3) is 11.0 Å². The number of aromatic nitrogens is 1. The Kier molecular flexibility index (Phi) is 5.03. The summed E-state index contributed by atoms with van der Waals surface area (Å²) in [5.41, 5.74) is 5.03. The van der Waals surface area contributed by atoms with Crippen LogP contribution < -0.4 is 5.32 Å². The van der Waals surface area contributed by atoms with Crippen LogP contribution in [0.1, 0.15) is 54.8 Å². The molecule has 5 nitrogen and oxygen atoms in total. The lowest BCUT2D eigenvalue weighted by atomic mass is 9.90. The highest BCUT2D eigenvalue weighted by Gasteiger charge is 2.25. The lowest BCUT2D eigenvalue weighted by Crippen LogP contribution is -2.34. The minimum absolute atomic E-state index is 0.107. The first-order valence-electron chi connectivity index (χ1n) is 10.8. The second-order valence-electron chi connectivity index (χ2n) is 8.65. The second kappa shape index (κ2) is 7.84. The third-order valence-electron chi connectivity index (χ3n) is 6.57. The van der Waals surface area contributed by atoms with Crippen molar-refractivity contribution >= 4 is 22.6 Å². The Morgan fingerprint density at radius 2 is 2.03 bits per heavy atom. The minimum atomic E-state index is -0.293. The summed E-state index contributed by atoms with van der Waals surface area (Å²) < 4.78 is 18.7. The van der Waals surface area contributed by atoms with E-state index in [0.717, 1.165) is 55.7 Å². The fraction of sp³-hybridized carbons (Fsp3) is 0.417. The van der Waals surface area contributed by atoms with Crippen LogP contribution in [0.15, 0.2) is 40.9 Å². The summed E-state index contributed by atoms with van der Waals surface area (Å²) in [4.78, 5) is 14.2. The highest BCUT2D eigenvalue weighted by molar-refractivity contribution is 5.94. The topological polar surface area (TPSA) is 58.4 Å². The number of likely N-dealkylation sites (tertiary alicyclic amines) is 1. The predicted molar refractivity (Wildman–Crippen MR) is 114 cm³/mol. The van der Waals surface area contributed by atoms with Gasteiger partial charge in [0.1, 0.15) is 5.82 Å². The van der Waals surface area contributed by atoms with Gasteiger partial charge in [-0.05, 0) is 67.6 Å². The molecule has 0 unspecified atom stereocenters. The van der Waals surface area contributed by atoms with E-state index in [-0.39, 0.29) is 17.6 Å². The van der Waals surface area contributed by atoms with Crippen LogP contribution in [0.2, 0.25) is 0 Å². The summed E-state index contributed by atoms with van der Waals surface area (Å²) in [6.45, 7) is 5.19. The Morgan fingerprint density at radius 1 is 1.20 bits per heavy atom. The van der Waals surface area contributed by atoms with Crippen molar-refractivity contribution in [3.8, 4) is 0 Å². The highest BCUT2D eigenvalue weighted by Crippen LogP contribution is 2.34. The number of anilines is 1. The molecule has 1 fully saturated rings. The fourth-order valence-corrected chi connectivity index (χ4v) is 4.82. The molecule has 3 aromatic rings. The van der Waals surface area contributed by atoms with Crippen LogP contribution in [0, 0.1) is 5.82 Å². The van der Waals surface area contributed by atoms with Gasteiger partial charge in [0, 0.05) is 36.0 Å². The molecule has 1 saturated heterocycles. The summed E-state index contributed by atoms with van der Waals surface area (Å²) in [5.74, 6) is 0.450. The number of carbonyl (C=O) groups excluding carboxylic acids is 1. The van der Waals surface area contributed by atoms with E-state index in [1.807, 2.05) is 6.07 Å². The molecule has 0 saturated carbocycles. The Morgan fingerprint density at radius 3 is 2.87 bits per heavy atom. The van der Waals surface area contributed by atoms with Gasteiger partial charge in [-0.25, -0.2) is 4.39 Å². The number of benzene rings is 2. The lowest BCUT2D eigenvalue weighted by Gasteiger charge is -2.31. The molecule has 1 aromatic heterocycles. The van der Waals surface area contributed by atoms with Crippen molar-refractivity contribution in [1.29, 1.82) is 0 Å². The number of piperidine rings is 1. The van der Waals surface area contributed by atoms with E-state index in [4.69, 9.17) is 4.52 Å². The van der Waals surface area contributed by atoms with E-state index < -0.39 is 0 Å². The van der Waals surface area contributed by atoms with E-state index in [9.17, 15) is 9.18 Å². The molecule has 0 spiro atoms. The normalized spacial score (nSPS) is 20.3. The number of halogens is 1. The number of amides is 1. The van der Waals surface area contributed by atoms with E-state index in [0.29, 0.717) is 17.9 Å². The molecule has 5 rings (SSSR count). The zero-order valence-electron chi connectivity index (χ0n) is 17.2. The number of hydrogen-bond acceptors (Lipinski definition) is 4. The molecule has 30 heavy (non-hydrogen) atoms. The van der Waals surface area contributed by atoms with Crippen molar-refractivity contribution in [3.05, 3.63) is 59.0 Å². The van der Waals surface area contributed by atoms with Crippen LogP contribution in [-0.4, -0.2) is 35.6 Å². The summed E-state index contributed by atoms with van der Waals surface area (Å²) in [6.07, 6.45) is 3.64. The van der Waals surface area contributed by atoms with Crippen LogP contribution in [0.4, 0.5) is 10.1 Å². The lowest BCUT2D eigenvalue weighted by molar-refractivity contribution is -0.116. The van der Waals surface area contributed by atoms with E-state index in [2.05, 4.69) is 34.4 Å². The third-order valence-corrected chi connectivity index (χ3v) is 6.57. The van der Waals surface area contributed by atoms with E-state index in [1.165, 1.54) is 23.3 Å². The number of fused-ring (bicyclic) bond motifs is 2. The van der Waals surface area contributed by atoms with Gasteiger partial charge in [-0.1, -0.05) is 24.2 Å². The number of carbonyl (C=O) groups is 1. The fourth-order valence-electron chi connectivity index (χ4n) is 4.82. The first-order valence-corrected chi connectivity index (χ1v) is 10.8. The van der Waals surface area contributed by atoms with Crippen molar-refractivity contribution in [2.75, 3.05) is 25.0 Å². The van der Waals surface area contributed by atoms with Gasteiger partial charge >= 0.3 is 0 Å². The zero-order valence-corrected chi connectivity index (χ0v) is 17.2. The molecule has 0 radical (unpaired) electrons. The SMILES string of the molecule is C[C@H]1CC(=O)Nc2ccc(CCN3CCC(c4noc5cc(F)ccc45)CC3)cc21. The Hall–Kier alpha value is -2.73. The molecule has 1 atom stereocenters. The minimum Gasteiger partial charge on any atom is -0.356 e. The molecular formula is C24H26FN3O2. The van der Waals surface area contributed by atoms with E-state index in [1.54, 1.807) is 6.07 Å². The first kappa shape index (κ1) is 19.2. The molecule has 156 valence electrons. The van der Waals surface area contributed by atoms with Crippen molar-refractivity contribution in [1.82, 2.24) is 10.1 Å². The zero-order chi connectivity index (χ0) is 20.7. The molecule has 2 aromatic carbocycles. The second-order valence-corrected chi connectivity index (χ2v) is 8.65. The van der Waals surface area contributed by atoms with Gasteiger partial charge in [-0.2, -0.15) is 0 Å². The van der Waals surface area contributed by atoms with Crippen molar-refractivity contribution < 1.29 is 13.7 Å². The van der Waals surface area contributed by atoms with Gasteiger partial charge in [0.15, 0.2) is 5.58 Å². The standard InChI is InChI=1S/C24H26FN3O2/c1-15-12-23(29)26-21-5-2-16(13-20(15)21)6-9-28-10-7-17(8-11-28)24-19-4-3-18(25)14-22(19)30-27-24/h2-5,13-15,17H,6-12H2,1H3,(H,26,29)/t15-/m0/s1. The smallest absolute Gasteiger partial charge is 0.224 e. The van der Waals surface area contributed by atoms with Gasteiger partial charge in [0.2, 0.25) is 5.91 Å². The quantitative estimate of drug-likeness (QED) is 0.673. The molecular weight excluding hydrogens is 381 g/mol. The van der Waals surface area contributed by atoms with Crippen LogP contribution in [0.5, 0.6) is 0 Å². The molecule has 1 amide bonds. The predicted octanol–water partition coefficient (Wildman–Crippen LogP) is 4.83. The van der Waals surface area contributed by atoms with Crippen molar-refractivity contribution in [2.45, 2.75) is 44.4 Å². The maximum atomic E-state index is 13.4. The van der Waals surface area contributed by atoms with Crippen molar-refractivity contribution in [2.24, 2.45) is 0 Å². The molecule has 1 N–H and O–H groups in total. The maximum Gasteiger partial charge on any atom is 0.224 e. The summed E-state index contributed by atoms with van der Waals surface area (Å²) in [7, 11) is 0. The van der Waals surface area contributed by atoms with Gasteiger partial charge in [0.05, 0.1) is 5.69 Å². The Labute approximate surface area is 175 Å². The summed E-state index contributed by atoms with van der Waals surface area (Å²) >= 11 is 0. The molecule has 6 heteroatoms. The molecule has 0 aliphatic carbocycles. The third kappa shape index (κ3) is 3.72. The van der Waals surface area contributed by atoms with Crippen LogP contribution in [0.3, 0.4) is 0 Å². The Bertz CT molecular complexity index is 1090. The van der Waals surface area contributed by atoms with Gasteiger partial charge in [-0.15, -0.1) is 0 Å². The van der Waals surface area contributed by atoms with Crippen molar-refractivity contribution in [3.63, 3.8) is 0 Å². The Balaban J connectivity index is 1.19. The monoisotopic (exact) mass is 407 g/mol. The number of rotatable bonds is 4. The van der Waals surface area contributed by atoms with Gasteiger partial charge in [0.25, 0.3) is 0 Å². The van der Waals surface area contributed by atoms with E-state index >= 15 is 0 Å². The highest BCUT2D eigenvalue weighted by atomic mass is 19.1. The molecule has 0 bridgehead atoms. The van der Waals surface area contributed by atoms with Crippen LogP contribution in [-0.2, 0) is 11.2 Å². The number of hydrogen-bond donors (Lipinski definition) is 1. The largest absolute Gasteiger partial charge is 0.356 e. The average molecular weight is 407 g/mol. The number of nitrogens with zero attached hydrogens (tertiary/aromatic N) is 2. The molecule has 3 heterocycles. The van der Waals surface area contributed by atoms with Crippen LogP contribution >= 0.6 is 0 Å². The average Bonchev–Trinajstić information content (AvgIpc) is 3.15. The molecule has 2 aliphatic heterocycles.